The molecule has 6 heteroatoms. The van der Waals surface area contributed by atoms with Crippen LogP contribution in [0.3, 0.4) is 0 Å². The number of halogens is 3. The van der Waals surface area contributed by atoms with Gasteiger partial charge in [0.25, 0.3) is 0 Å². The van der Waals surface area contributed by atoms with Gasteiger partial charge in [0.2, 0.25) is 5.91 Å². The predicted octanol–water partition coefficient (Wildman–Crippen LogP) is 3.90. The number of hydrogen-bond donors (Lipinski definition) is 2. The molecule has 0 aliphatic carbocycles. The van der Waals surface area contributed by atoms with Crippen molar-refractivity contribution < 1.29 is 9.18 Å². The highest BCUT2D eigenvalue weighted by atomic mass is 35.5. The monoisotopic (exact) mass is 340 g/mol. The molecule has 0 aromatic heterocycles. The normalized spacial score (nSPS) is 10.5. The quantitative estimate of drug-likeness (QED) is 0.783. The molecule has 2 aromatic rings. The Morgan fingerprint density at radius 3 is 2.64 bits per heavy atom. The van der Waals surface area contributed by atoms with Gasteiger partial charge >= 0.3 is 0 Å². The molecule has 0 unspecified atom stereocenters. The SMILES string of the molecule is O=C(CNCCc1ccccc1F)Nc1ccc(Cl)cc1Cl. The van der Waals surface area contributed by atoms with Crippen LogP contribution in [0.25, 0.3) is 0 Å². The average Bonchev–Trinajstić information content (AvgIpc) is 2.48. The number of amides is 1. The highest BCUT2D eigenvalue weighted by Gasteiger charge is 2.06. The van der Waals surface area contributed by atoms with E-state index >= 15 is 0 Å². The topological polar surface area (TPSA) is 41.1 Å². The molecule has 1 amide bonds. The summed E-state index contributed by atoms with van der Waals surface area (Å²) in [4.78, 5) is 11.8. The van der Waals surface area contributed by atoms with Gasteiger partial charge in [-0.2, -0.15) is 0 Å². The zero-order chi connectivity index (χ0) is 15.9. The molecule has 0 aliphatic heterocycles. The van der Waals surface area contributed by atoms with Gasteiger partial charge in [0.15, 0.2) is 0 Å². The maximum absolute atomic E-state index is 13.4. The number of rotatable bonds is 6. The van der Waals surface area contributed by atoms with Gasteiger partial charge in [0.1, 0.15) is 5.82 Å². The van der Waals surface area contributed by atoms with Gasteiger partial charge in [0, 0.05) is 5.02 Å². The van der Waals surface area contributed by atoms with Crippen molar-refractivity contribution in [3.8, 4) is 0 Å². The maximum Gasteiger partial charge on any atom is 0.238 e. The fourth-order valence-electron chi connectivity index (χ4n) is 1.91. The van der Waals surface area contributed by atoms with E-state index in [9.17, 15) is 9.18 Å². The zero-order valence-electron chi connectivity index (χ0n) is 11.7. The van der Waals surface area contributed by atoms with E-state index in [-0.39, 0.29) is 18.3 Å². The lowest BCUT2D eigenvalue weighted by atomic mass is 10.1. The second-order valence-electron chi connectivity index (χ2n) is 4.69. The van der Waals surface area contributed by atoms with Crippen molar-refractivity contribution in [2.45, 2.75) is 6.42 Å². The molecule has 0 radical (unpaired) electrons. The standard InChI is InChI=1S/C16H15Cl2FN2O/c17-12-5-6-15(13(18)9-12)21-16(22)10-20-8-7-11-3-1-2-4-14(11)19/h1-6,9,20H,7-8,10H2,(H,21,22). The minimum absolute atomic E-state index is 0.118. The van der Waals surface area contributed by atoms with Crippen LogP contribution in [0, 0.1) is 5.82 Å². The fraction of sp³-hybridized carbons (Fsp3) is 0.188. The van der Waals surface area contributed by atoms with E-state index < -0.39 is 0 Å². The summed E-state index contributed by atoms with van der Waals surface area (Å²) in [5.41, 5.74) is 1.13. The second kappa shape index (κ2) is 8.13. The minimum Gasteiger partial charge on any atom is -0.324 e. The molecule has 2 rings (SSSR count). The van der Waals surface area contributed by atoms with Gasteiger partial charge in [-0.15, -0.1) is 0 Å². The molecule has 22 heavy (non-hydrogen) atoms. The second-order valence-corrected chi connectivity index (χ2v) is 5.53. The molecule has 3 nitrogen and oxygen atoms in total. The number of nitrogens with one attached hydrogen (secondary N) is 2. The van der Waals surface area contributed by atoms with Crippen LogP contribution in [0.2, 0.25) is 10.0 Å². The van der Waals surface area contributed by atoms with Gasteiger partial charge in [-0.25, -0.2) is 4.39 Å². The molecule has 0 bridgehead atoms. The summed E-state index contributed by atoms with van der Waals surface area (Å²) in [6, 6.07) is 11.4. The summed E-state index contributed by atoms with van der Waals surface area (Å²) < 4.78 is 13.4. The van der Waals surface area contributed by atoms with Crippen molar-refractivity contribution in [1.82, 2.24) is 5.32 Å². The molecule has 0 aliphatic rings. The van der Waals surface area contributed by atoms with Gasteiger partial charge in [-0.05, 0) is 42.8 Å². The van der Waals surface area contributed by atoms with Crippen LogP contribution >= 0.6 is 23.2 Å². The summed E-state index contributed by atoms with van der Waals surface area (Å²) >= 11 is 11.8. The van der Waals surface area contributed by atoms with Crippen LogP contribution in [-0.4, -0.2) is 19.0 Å². The first-order valence-electron chi connectivity index (χ1n) is 6.75. The predicted molar refractivity (Wildman–Crippen MR) is 88.1 cm³/mol. The molecule has 0 heterocycles. The van der Waals surface area contributed by atoms with E-state index in [1.807, 2.05) is 0 Å². The molecule has 116 valence electrons. The Morgan fingerprint density at radius 2 is 1.91 bits per heavy atom. The minimum atomic E-state index is -0.235. The Balaban J connectivity index is 1.75. The van der Waals surface area contributed by atoms with Crippen molar-refractivity contribution >= 4 is 34.8 Å². The smallest absolute Gasteiger partial charge is 0.238 e. The molecule has 0 atom stereocenters. The van der Waals surface area contributed by atoms with Crippen LogP contribution in [0.15, 0.2) is 42.5 Å². The van der Waals surface area contributed by atoms with E-state index in [0.29, 0.717) is 34.3 Å². The van der Waals surface area contributed by atoms with Crippen molar-refractivity contribution in [1.29, 1.82) is 0 Å². The van der Waals surface area contributed by atoms with Gasteiger partial charge < -0.3 is 10.6 Å². The van der Waals surface area contributed by atoms with Crippen LogP contribution in [0.1, 0.15) is 5.56 Å². The van der Waals surface area contributed by atoms with Gasteiger partial charge in [-0.3, -0.25) is 4.79 Å². The third kappa shape index (κ3) is 4.98. The lowest BCUT2D eigenvalue weighted by Crippen LogP contribution is -2.29. The first kappa shape index (κ1) is 16.7. The Bertz CT molecular complexity index is 664. The van der Waals surface area contributed by atoms with E-state index in [4.69, 9.17) is 23.2 Å². The number of anilines is 1. The Kier molecular flexibility index (Phi) is 6.19. The number of carbonyl (C=O) groups excluding carboxylic acids is 1. The maximum atomic E-state index is 13.4. The molecule has 0 saturated carbocycles. The van der Waals surface area contributed by atoms with E-state index in [1.54, 1.807) is 36.4 Å². The summed E-state index contributed by atoms with van der Waals surface area (Å²) in [7, 11) is 0. The van der Waals surface area contributed by atoms with Crippen LogP contribution in [0.5, 0.6) is 0 Å². The van der Waals surface area contributed by atoms with Gasteiger partial charge in [-0.1, -0.05) is 41.4 Å². The first-order valence-corrected chi connectivity index (χ1v) is 7.51. The Hall–Kier alpha value is -1.62. The number of carbonyl (C=O) groups is 1. The molecule has 2 aromatic carbocycles. The zero-order valence-corrected chi connectivity index (χ0v) is 13.2. The summed E-state index contributed by atoms with van der Waals surface area (Å²) in [5, 5.41) is 6.53. The molecule has 0 spiro atoms. The molecule has 2 N–H and O–H groups in total. The van der Waals surface area contributed by atoms with Crippen LogP contribution < -0.4 is 10.6 Å². The van der Waals surface area contributed by atoms with E-state index in [2.05, 4.69) is 10.6 Å². The number of hydrogen-bond acceptors (Lipinski definition) is 2. The average molecular weight is 341 g/mol. The molecule has 0 saturated heterocycles. The molecule has 0 fully saturated rings. The third-order valence-electron chi connectivity index (χ3n) is 3.02. The Morgan fingerprint density at radius 1 is 1.14 bits per heavy atom. The van der Waals surface area contributed by atoms with E-state index in [0.717, 1.165) is 0 Å². The fourth-order valence-corrected chi connectivity index (χ4v) is 2.37. The lowest BCUT2D eigenvalue weighted by molar-refractivity contribution is -0.115. The largest absolute Gasteiger partial charge is 0.324 e. The summed E-state index contributed by atoms with van der Waals surface area (Å²) in [6.45, 7) is 0.621. The lowest BCUT2D eigenvalue weighted by Gasteiger charge is -2.09. The highest BCUT2D eigenvalue weighted by Crippen LogP contribution is 2.25. The molecular weight excluding hydrogens is 326 g/mol. The third-order valence-corrected chi connectivity index (χ3v) is 3.57. The van der Waals surface area contributed by atoms with Crippen molar-refractivity contribution in [2.24, 2.45) is 0 Å². The summed E-state index contributed by atoms with van der Waals surface area (Å²) in [5.74, 6) is -0.459. The van der Waals surface area contributed by atoms with Crippen LogP contribution in [-0.2, 0) is 11.2 Å². The van der Waals surface area contributed by atoms with Crippen molar-refractivity contribution in [3.05, 3.63) is 63.9 Å². The Labute approximate surface area is 138 Å². The summed E-state index contributed by atoms with van der Waals surface area (Å²) in [6.07, 6.45) is 0.516. The van der Waals surface area contributed by atoms with Crippen LogP contribution in [0.4, 0.5) is 10.1 Å². The first-order chi connectivity index (χ1) is 10.6. The van der Waals surface area contributed by atoms with E-state index in [1.165, 1.54) is 6.07 Å². The van der Waals surface area contributed by atoms with Crippen molar-refractivity contribution in [2.75, 3.05) is 18.4 Å². The highest BCUT2D eigenvalue weighted by molar-refractivity contribution is 6.36. The molecular formula is C16H15Cl2FN2O. The van der Waals surface area contributed by atoms with Gasteiger partial charge in [0.05, 0.1) is 17.3 Å². The number of benzene rings is 2. The van der Waals surface area contributed by atoms with Crippen molar-refractivity contribution in [3.63, 3.8) is 0 Å².